The summed E-state index contributed by atoms with van der Waals surface area (Å²) in [6.07, 6.45) is 1.74. The highest BCUT2D eigenvalue weighted by molar-refractivity contribution is 5.94. The number of hydrogen-bond acceptors (Lipinski definition) is 2. The summed E-state index contributed by atoms with van der Waals surface area (Å²) < 4.78 is 14.9. The van der Waals surface area contributed by atoms with Crippen LogP contribution in [0.4, 0.5) is 14.9 Å². The van der Waals surface area contributed by atoms with Crippen molar-refractivity contribution in [3.8, 4) is 0 Å². The molecule has 3 aromatic rings. The number of fused-ring (bicyclic) bond motifs is 1. The molecule has 1 fully saturated rings. The number of carbonyl (C=O) groups is 1. The van der Waals surface area contributed by atoms with Crippen molar-refractivity contribution >= 4 is 11.7 Å². The molecule has 1 unspecified atom stereocenters. The second-order valence-electron chi connectivity index (χ2n) is 8.34. The molecule has 3 aromatic carbocycles. The van der Waals surface area contributed by atoms with Crippen LogP contribution in [-0.2, 0) is 6.54 Å². The van der Waals surface area contributed by atoms with Crippen molar-refractivity contribution in [3.63, 3.8) is 0 Å². The zero-order valence-corrected chi connectivity index (χ0v) is 17.4. The maximum absolute atomic E-state index is 14.9. The van der Waals surface area contributed by atoms with E-state index in [9.17, 15) is 9.18 Å². The zero-order valence-electron chi connectivity index (χ0n) is 17.4. The summed E-state index contributed by atoms with van der Waals surface area (Å²) >= 11 is 0. The van der Waals surface area contributed by atoms with E-state index >= 15 is 0 Å². The third-order valence-electron chi connectivity index (χ3n) is 6.41. The predicted molar refractivity (Wildman–Crippen MR) is 120 cm³/mol. The fraction of sp³-hybridized carbons (Fsp3) is 0.269. The average molecular weight is 416 g/mol. The van der Waals surface area contributed by atoms with E-state index in [1.54, 1.807) is 12.1 Å². The third kappa shape index (κ3) is 3.93. The number of nitrogens with zero attached hydrogens (tertiary/aromatic N) is 2. The lowest BCUT2D eigenvalue weighted by Crippen LogP contribution is -2.52. The fourth-order valence-corrected chi connectivity index (χ4v) is 4.88. The molecular formula is C26H26FN3O. The Morgan fingerprint density at radius 3 is 2.23 bits per heavy atom. The van der Waals surface area contributed by atoms with E-state index in [4.69, 9.17) is 0 Å². The molecule has 5 heteroatoms. The van der Waals surface area contributed by atoms with Gasteiger partial charge in [-0.2, -0.15) is 0 Å². The fourth-order valence-electron chi connectivity index (χ4n) is 4.88. The molecular weight excluding hydrogens is 389 g/mol. The number of urea groups is 1. The molecule has 0 aromatic heterocycles. The number of likely N-dealkylation sites (tertiary alicyclic amines) is 1. The van der Waals surface area contributed by atoms with Crippen LogP contribution in [-0.4, -0.2) is 35.0 Å². The molecule has 0 spiro atoms. The monoisotopic (exact) mass is 415 g/mol. The van der Waals surface area contributed by atoms with Crippen LogP contribution in [0.3, 0.4) is 0 Å². The first-order valence-electron chi connectivity index (χ1n) is 10.9. The molecule has 0 radical (unpaired) electrons. The van der Waals surface area contributed by atoms with Gasteiger partial charge in [-0.1, -0.05) is 66.7 Å². The highest BCUT2D eigenvalue weighted by atomic mass is 19.1. The van der Waals surface area contributed by atoms with Gasteiger partial charge in [-0.3, -0.25) is 4.90 Å². The Morgan fingerprint density at radius 1 is 0.839 bits per heavy atom. The number of halogens is 1. The van der Waals surface area contributed by atoms with Gasteiger partial charge in [0.2, 0.25) is 0 Å². The molecule has 2 aliphatic rings. The Bertz CT molecular complexity index is 1060. The number of anilines is 1. The first-order valence-corrected chi connectivity index (χ1v) is 10.9. The van der Waals surface area contributed by atoms with E-state index in [1.165, 1.54) is 11.6 Å². The normalized spacial score (nSPS) is 19.7. The Kier molecular flexibility index (Phi) is 5.43. The molecule has 2 aliphatic heterocycles. The van der Waals surface area contributed by atoms with Crippen LogP contribution in [0.2, 0.25) is 0 Å². The number of para-hydroxylation sites is 1. The molecule has 5 rings (SSSR count). The number of amides is 2. The van der Waals surface area contributed by atoms with Gasteiger partial charge in [-0.05, 0) is 30.5 Å². The van der Waals surface area contributed by atoms with Crippen LogP contribution in [0.15, 0.2) is 78.9 Å². The standard InChI is InChI=1S/C26H26FN3O/c27-23-12-6-4-10-21(23)25-22-11-5-7-13-24(22)28-26(31)30(25)20-14-16-29(17-15-20)18-19-8-2-1-3-9-19/h1-13,20,25H,14-18H2,(H,28,31). The number of benzene rings is 3. The predicted octanol–water partition coefficient (Wildman–Crippen LogP) is 5.43. The van der Waals surface area contributed by atoms with Gasteiger partial charge in [0.1, 0.15) is 5.82 Å². The highest BCUT2D eigenvalue weighted by Gasteiger charge is 2.40. The van der Waals surface area contributed by atoms with Crippen molar-refractivity contribution in [1.29, 1.82) is 0 Å². The minimum absolute atomic E-state index is 0.0602. The molecule has 2 amide bonds. The molecule has 4 nitrogen and oxygen atoms in total. The zero-order chi connectivity index (χ0) is 21.2. The summed E-state index contributed by atoms with van der Waals surface area (Å²) in [6, 6.07) is 24.5. The van der Waals surface area contributed by atoms with E-state index in [1.807, 2.05) is 41.3 Å². The van der Waals surface area contributed by atoms with E-state index in [2.05, 4.69) is 34.5 Å². The molecule has 0 saturated carbocycles. The van der Waals surface area contributed by atoms with Crippen LogP contribution >= 0.6 is 0 Å². The minimum atomic E-state index is -0.420. The molecule has 0 bridgehead atoms. The molecule has 31 heavy (non-hydrogen) atoms. The average Bonchev–Trinajstić information content (AvgIpc) is 2.80. The van der Waals surface area contributed by atoms with E-state index in [0.717, 1.165) is 43.7 Å². The summed E-state index contributed by atoms with van der Waals surface area (Å²) in [4.78, 5) is 17.5. The maximum Gasteiger partial charge on any atom is 0.322 e. The van der Waals surface area contributed by atoms with Gasteiger partial charge in [-0.25, -0.2) is 9.18 Å². The van der Waals surface area contributed by atoms with Crippen molar-refractivity contribution in [3.05, 3.63) is 101 Å². The van der Waals surface area contributed by atoms with Crippen LogP contribution in [0.1, 0.15) is 35.6 Å². The smallest absolute Gasteiger partial charge is 0.310 e. The van der Waals surface area contributed by atoms with Crippen molar-refractivity contribution < 1.29 is 9.18 Å². The SMILES string of the molecule is O=C1Nc2ccccc2C(c2ccccc2F)N1C1CCN(Cc2ccccc2)CC1. The van der Waals surface area contributed by atoms with Gasteiger partial charge >= 0.3 is 6.03 Å². The number of rotatable bonds is 4. The number of carbonyl (C=O) groups excluding carboxylic acids is 1. The largest absolute Gasteiger partial charge is 0.322 e. The summed E-state index contributed by atoms with van der Waals surface area (Å²) in [6.45, 7) is 2.74. The minimum Gasteiger partial charge on any atom is -0.310 e. The van der Waals surface area contributed by atoms with Crippen molar-refractivity contribution in [2.45, 2.75) is 31.5 Å². The second-order valence-corrected chi connectivity index (χ2v) is 8.34. The van der Waals surface area contributed by atoms with Crippen molar-refractivity contribution in [2.24, 2.45) is 0 Å². The number of hydrogen-bond donors (Lipinski definition) is 1. The molecule has 158 valence electrons. The van der Waals surface area contributed by atoms with E-state index < -0.39 is 6.04 Å². The first kappa shape index (κ1) is 19.8. The molecule has 0 aliphatic carbocycles. The van der Waals surface area contributed by atoms with Crippen LogP contribution in [0.5, 0.6) is 0 Å². The van der Waals surface area contributed by atoms with Gasteiger partial charge in [-0.15, -0.1) is 0 Å². The van der Waals surface area contributed by atoms with Gasteiger partial charge in [0.15, 0.2) is 0 Å². The Hall–Kier alpha value is -3.18. The maximum atomic E-state index is 14.9. The quantitative estimate of drug-likeness (QED) is 0.617. The Morgan fingerprint density at radius 2 is 1.48 bits per heavy atom. The number of piperidine rings is 1. The van der Waals surface area contributed by atoms with Gasteiger partial charge in [0, 0.05) is 42.5 Å². The Balaban J connectivity index is 1.41. The summed E-state index contributed by atoms with van der Waals surface area (Å²) in [5.41, 5.74) is 3.56. The van der Waals surface area contributed by atoms with E-state index in [-0.39, 0.29) is 17.9 Å². The third-order valence-corrected chi connectivity index (χ3v) is 6.41. The topological polar surface area (TPSA) is 35.6 Å². The lowest BCUT2D eigenvalue weighted by atomic mass is 9.90. The van der Waals surface area contributed by atoms with Crippen molar-refractivity contribution in [1.82, 2.24) is 9.80 Å². The van der Waals surface area contributed by atoms with Gasteiger partial charge < -0.3 is 10.2 Å². The van der Waals surface area contributed by atoms with Crippen LogP contribution in [0, 0.1) is 5.82 Å². The molecule has 2 heterocycles. The Labute approximate surface area is 182 Å². The summed E-state index contributed by atoms with van der Waals surface area (Å²) in [5, 5.41) is 3.03. The lowest BCUT2D eigenvalue weighted by Gasteiger charge is -2.45. The molecule has 1 saturated heterocycles. The molecule has 1 N–H and O–H groups in total. The second kappa shape index (κ2) is 8.52. The first-order chi connectivity index (χ1) is 15.2. The van der Waals surface area contributed by atoms with Crippen LogP contribution in [0.25, 0.3) is 0 Å². The number of nitrogens with one attached hydrogen (secondary N) is 1. The van der Waals surface area contributed by atoms with Gasteiger partial charge in [0.25, 0.3) is 0 Å². The van der Waals surface area contributed by atoms with E-state index in [0.29, 0.717) is 5.56 Å². The summed E-state index contributed by atoms with van der Waals surface area (Å²) in [7, 11) is 0. The highest BCUT2D eigenvalue weighted by Crippen LogP contribution is 2.41. The van der Waals surface area contributed by atoms with Gasteiger partial charge in [0.05, 0.1) is 6.04 Å². The lowest BCUT2D eigenvalue weighted by molar-refractivity contribution is 0.105. The summed E-state index contributed by atoms with van der Waals surface area (Å²) in [5.74, 6) is -0.275. The molecule has 1 atom stereocenters. The van der Waals surface area contributed by atoms with Crippen molar-refractivity contribution in [2.75, 3.05) is 18.4 Å². The van der Waals surface area contributed by atoms with Crippen LogP contribution < -0.4 is 5.32 Å².